The molecule has 3 rings (SSSR count). The standard InChI is InChI=1S/C15H23N3O/c1-19-8-2-6-18-7-5-15(17-18)16-11-14-10-12-3-4-13(14)9-12/h3-5,7,12-14H,2,6,8-11H2,1H3,(H,16,17)/t12-,13-,14+/m0/s1. The molecule has 1 aromatic heterocycles. The van der Waals surface area contributed by atoms with Gasteiger partial charge >= 0.3 is 0 Å². The molecular weight excluding hydrogens is 238 g/mol. The summed E-state index contributed by atoms with van der Waals surface area (Å²) < 4.78 is 7.04. The summed E-state index contributed by atoms with van der Waals surface area (Å²) in [5, 5.41) is 8.02. The van der Waals surface area contributed by atoms with Gasteiger partial charge in [0, 0.05) is 39.1 Å². The Kier molecular flexibility index (Phi) is 3.87. The van der Waals surface area contributed by atoms with Crippen LogP contribution < -0.4 is 5.32 Å². The number of allylic oxidation sites excluding steroid dienone is 2. The molecule has 1 saturated carbocycles. The summed E-state index contributed by atoms with van der Waals surface area (Å²) in [6.07, 6.45) is 10.6. The van der Waals surface area contributed by atoms with Crippen LogP contribution in [0.2, 0.25) is 0 Å². The van der Waals surface area contributed by atoms with Gasteiger partial charge in [0.2, 0.25) is 0 Å². The van der Waals surface area contributed by atoms with Crippen LogP contribution in [0.15, 0.2) is 24.4 Å². The van der Waals surface area contributed by atoms with E-state index in [9.17, 15) is 0 Å². The molecule has 0 aromatic carbocycles. The molecule has 0 amide bonds. The molecule has 2 aliphatic rings. The van der Waals surface area contributed by atoms with Crippen LogP contribution in [0.5, 0.6) is 0 Å². The van der Waals surface area contributed by atoms with Gasteiger partial charge in [-0.1, -0.05) is 12.2 Å². The molecule has 1 fully saturated rings. The van der Waals surface area contributed by atoms with Gasteiger partial charge in [-0.3, -0.25) is 4.68 Å². The molecular formula is C15H23N3O. The highest BCUT2D eigenvalue weighted by Crippen LogP contribution is 2.43. The Morgan fingerprint density at radius 3 is 3.11 bits per heavy atom. The summed E-state index contributed by atoms with van der Waals surface area (Å²) in [4.78, 5) is 0. The van der Waals surface area contributed by atoms with Crippen molar-refractivity contribution in [1.82, 2.24) is 9.78 Å². The van der Waals surface area contributed by atoms with Gasteiger partial charge in [-0.15, -0.1) is 0 Å². The average Bonchev–Trinajstić information content (AvgIpc) is 3.13. The number of aryl methyl sites for hydroxylation is 1. The molecule has 0 spiro atoms. The first-order valence-electron chi connectivity index (χ1n) is 7.30. The van der Waals surface area contributed by atoms with E-state index in [-0.39, 0.29) is 0 Å². The van der Waals surface area contributed by atoms with Gasteiger partial charge in [0.05, 0.1) is 0 Å². The summed E-state index contributed by atoms with van der Waals surface area (Å²) in [6, 6.07) is 2.07. The Bertz CT molecular complexity index is 440. The largest absolute Gasteiger partial charge is 0.385 e. The van der Waals surface area contributed by atoms with E-state index in [1.165, 1.54) is 12.8 Å². The van der Waals surface area contributed by atoms with Gasteiger partial charge in [-0.2, -0.15) is 5.10 Å². The fourth-order valence-corrected chi connectivity index (χ4v) is 3.32. The van der Waals surface area contributed by atoms with Crippen molar-refractivity contribution in [3.63, 3.8) is 0 Å². The van der Waals surface area contributed by atoms with E-state index in [4.69, 9.17) is 4.74 Å². The fraction of sp³-hybridized carbons (Fsp3) is 0.667. The Hall–Kier alpha value is -1.29. The van der Waals surface area contributed by atoms with Crippen molar-refractivity contribution in [2.75, 3.05) is 25.6 Å². The lowest BCUT2D eigenvalue weighted by atomic mass is 9.94. The van der Waals surface area contributed by atoms with E-state index in [0.717, 1.165) is 49.7 Å². The third-order valence-corrected chi connectivity index (χ3v) is 4.34. The summed E-state index contributed by atoms with van der Waals surface area (Å²) in [7, 11) is 1.74. The van der Waals surface area contributed by atoms with E-state index >= 15 is 0 Å². The second-order valence-electron chi connectivity index (χ2n) is 5.73. The lowest BCUT2D eigenvalue weighted by Gasteiger charge is -2.18. The van der Waals surface area contributed by atoms with Crippen molar-refractivity contribution >= 4 is 5.82 Å². The van der Waals surface area contributed by atoms with Crippen molar-refractivity contribution in [1.29, 1.82) is 0 Å². The second-order valence-corrected chi connectivity index (χ2v) is 5.73. The zero-order valence-corrected chi connectivity index (χ0v) is 11.6. The molecule has 19 heavy (non-hydrogen) atoms. The molecule has 0 unspecified atom stereocenters. The quantitative estimate of drug-likeness (QED) is 0.605. The van der Waals surface area contributed by atoms with Gasteiger partial charge in [-0.25, -0.2) is 0 Å². The topological polar surface area (TPSA) is 39.1 Å². The van der Waals surface area contributed by atoms with Crippen molar-refractivity contribution < 1.29 is 4.74 Å². The Balaban J connectivity index is 1.44. The molecule has 4 nitrogen and oxygen atoms in total. The highest BCUT2D eigenvalue weighted by Gasteiger charge is 2.35. The van der Waals surface area contributed by atoms with E-state index in [1.54, 1.807) is 7.11 Å². The third kappa shape index (κ3) is 3.00. The van der Waals surface area contributed by atoms with Gasteiger partial charge in [-0.05, 0) is 37.0 Å². The first-order chi connectivity index (χ1) is 9.35. The van der Waals surface area contributed by atoms with Crippen molar-refractivity contribution in [3.8, 4) is 0 Å². The van der Waals surface area contributed by atoms with Crippen LogP contribution in [0.1, 0.15) is 19.3 Å². The van der Waals surface area contributed by atoms with Crippen LogP contribution in [0.25, 0.3) is 0 Å². The summed E-state index contributed by atoms with van der Waals surface area (Å²) in [6.45, 7) is 2.77. The Morgan fingerprint density at radius 2 is 2.37 bits per heavy atom. The predicted octanol–water partition coefficient (Wildman–Crippen LogP) is 2.54. The molecule has 2 aliphatic carbocycles. The molecule has 3 atom stereocenters. The summed E-state index contributed by atoms with van der Waals surface area (Å²) in [5.41, 5.74) is 0. The van der Waals surface area contributed by atoms with Crippen molar-refractivity contribution in [2.45, 2.75) is 25.8 Å². The highest BCUT2D eigenvalue weighted by molar-refractivity contribution is 5.32. The summed E-state index contributed by atoms with van der Waals surface area (Å²) >= 11 is 0. The molecule has 1 N–H and O–H groups in total. The smallest absolute Gasteiger partial charge is 0.147 e. The van der Waals surface area contributed by atoms with Crippen molar-refractivity contribution in [3.05, 3.63) is 24.4 Å². The minimum atomic E-state index is 0.792. The van der Waals surface area contributed by atoms with Crippen LogP contribution in [0.3, 0.4) is 0 Å². The number of aromatic nitrogens is 2. The van der Waals surface area contributed by atoms with E-state index in [2.05, 4.69) is 28.6 Å². The van der Waals surface area contributed by atoms with Crippen LogP contribution in [-0.4, -0.2) is 30.0 Å². The normalized spacial score (nSPS) is 28.2. The molecule has 2 bridgehead atoms. The van der Waals surface area contributed by atoms with Crippen LogP contribution in [-0.2, 0) is 11.3 Å². The number of nitrogens with one attached hydrogen (secondary N) is 1. The zero-order chi connectivity index (χ0) is 13.1. The third-order valence-electron chi connectivity index (χ3n) is 4.34. The van der Waals surface area contributed by atoms with Crippen LogP contribution in [0.4, 0.5) is 5.82 Å². The number of nitrogens with zero attached hydrogens (tertiary/aromatic N) is 2. The minimum Gasteiger partial charge on any atom is -0.385 e. The number of rotatable bonds is 7. The maximum atomic E-state index is 5.05. The van der Waals surface area contributed by atoms with E-state index in [0.29, 0.717) is 0 Å². The van der Waals surface area contributed by atoms with Gasteiger partial charge in [0.15, 0.2) is 0 Å². The molecule has 104 valence electrons. The second kappa shape index (κ2) is 5.78. The van der Waals surface area contributed by atoms with Gasteiger partial charge < -0.3 is 10.1 Å². The van der Waals surface area contributed by atoms with E-state index in [1.807, 2.05) is 10.9 Å². The van der Waals surface area contributed by atoms with Crippen molar-refractivity contribution in [2.24, 2.45) is 17.8 Å². The number of fused-ring (bicyclic) bond motifs is 2. The SMILES string of the molecule is COCCCn1ccc(NC[C@H]2C[C@H]3C=C[C@H]2C3)n1. The first-order valence-corrected chi connectivity index (χ1v) is 7.30. The molecule has 0 radical (unpaired) electrons. The monoisotopic (exact) mass is 261 g/mol. The number of hydrogen-bond acceptors (Lipinski definition) is 3. The number of anilines is 1. The number of methoxy groups -OCH3 is 1. The maximum Gasteiger partial charge on any atom is 0.147 e. The lowest BCUT2D eigenvalue weighted by molar-refractivity contribution is 0.189. The molecule has 1 aromatic rings. The maximum absolute atomic E-state index is 5.05. The van der Waals surface area contributed by atoms with E-state index < -0.39 is 0 Å². The molecule has 0 saturated heterocycles. The molecule has 1 heterocycles. The zero-order valence-electron chi connectivity index (χ0n) is 11.6. The number of ether oxygens (including phenoxy) is 1. The predicted molar refractivity (Wildman–Crippen MR) is 76.1 cm³/mol. The Morgan fingerprint density at radius 1 is 1.42 bits per heavy atom. The Labute approximate surface area is 114 Å². The molecule has 0 aliphatic heterocycles. The first kappa shape index (κ1) is 12.7. The molecule has 4 heteroatoms. The fourth-order valence-electron chi connectivity index (χ4n) is 3.32. The van der Waals surface area contributed by atoms with Gasteiger partial charge in [0.1, 0.15) is 5.82 Å². The summed E-state index contributed by atoms with van der Waals surface area (Å²) in [5.74, 6) is 3.46. The van der Waals surface area contributed by atoms with Gasteiger partial charge in [0.25, 0.3) is 0 Å². The highest BCUT2D eigenvalue weighted by atomic mass is 16.5. The lowest BCUT2D eigenvalue weighted by Crippen LogP contribution is -2.18. The minimum absolute atomic E-state index is 0.792. The number of hydrogen-bond donors (Lipinski definition) is 1. The average molecular weight is 261 g/mol. The van der Waals surface area contributed by atoms with Crippen LogP contribution >= 0.6 is 0 Å². The van der Waals surface area contributed by atoms with Crippen LogP contribution in [0, 0.1) is 17.8 Å².